The molecule has 0 fully saturated rings. The summed E-state index contributed by atoms with van der Waals surface area (Å²) in [6.07, 6.45) is 5.39. The molecule has 46 heavy (non-hydrogen) atoms. The number of carbonyl (C=O) groups excluding carboxylic acids is 2. The van der Waals surface area contributed by atoms with Crippen LogP contribution in [-0.4, -0.2) is 45.8 Å². The maximum absolute atomic E-state index is 12.7. The molecule has 4 N–H and O–H groups in total. The van der Waals surface area contributed by atoms with Gasteiger partial charge in [-0.25, -0.2) is 4.79 Å². The number of fused-ring (bicyclic) bond motifs is 1. The SMILES string of the molecule is CCC(C)(C)c1ccc(Oc2cccc(C(=O)NCC(=O)CCCCCC(N=C(N)Cn3ccc4ccccc43)C(=O)O)c2)cc1. The van der Waals surface area contributed by atoms with Gasteiger partial charge >= 0.3 is 5.97 Å². The Morgan fingerprint density at radius 2 is 1.72 bits per heavy atom. The zero-order valence-electron chi connectivity index (χ0n) is 26.9. The molecule has 0 spiro atoms. The summed E-state index contributed by atoms with van der Waals surface area (Å²) >= 11 is 0. The summed E-state index contributed by atoms with van der Waals surface area (Å²) in [5, 5.41) is 13.4. The average Bonchev–Trinajstić information content (AvgIpc) is 3.45. The monoisotopic (exact) mass is 624 g/mol. The molecule has 4 rings (SSSR count). The van der Waals surface area contributed by atoms with Crippen LogP contribution in [0.15, 0.2) is 90.1 Å². The van der Waals surface area contributed by atoms with Gasteiger partial charge in [0, 0.05) is 23.7 Å². The number of carboxylic acid groups (broad SMARTS) is 1. The highest BCUT2D eigenvalue weighted by atomic mass is 16.5. The molecule has 9 heteroatoms. The first-order chi connectivity index (χ1) is 22.1. The zero-order chi connectivity index (χ0) is 33.1. The summed E-state index contributed by atoms with van der Waals surface area (Å²) in [4.78, 5) is 41.2. The van der Waals surface area contributed by atoms with Gasteiger partial charge in [0.2, 0.25) is 0 Å². The summed E-state index contributed by atoms with van der Waals surface area (Å²) in [5.41, 5.74) is 8.83. The van der Waals surface area contributed by atoms with E-state index in [1.54, 1.807) is 24.3 Å². The minimum atomic E-state index is -1.03. The van der Waals surface area contributed by atoms with E-state index >= 15 is 0 Å². The third-order valence-corrected chi connectivity index (χ3v) is 8.35. The Balaban J connectivity index is 1.17. The van der Waals surface area contributed by atoms with Gasteiger partial charge in [-0.2, -0.15) is 0 Å². The Kier molecular flexibility index (Phi) is 11.7. The van der Waals surface area contributed by atoms with Gasteiger partial charge in [0.1, 0.15) is 23.4 Å². The fourth-order valence-electron chi connectivity index (χ4n) is 5.16. The number of amides is 1. The highest BCUT2D eigenvalue weighted by Crippen LogP contribution is 2.30. The summed E-state index contributed by atoms with van der Waals surface area (Å²) < 4.78 is 7.90. The van der Waals surface area contributed by atoms with Crippen LogP contribution in [0.25, 0.3) is 10.9 Å². The van der Waals surface area contributed by atoms with Crippen molar-refractivity contribution in [1.29, 1.82) is 0 Å². The molecular formula is C37H44N4O5. The van der Waals surface area contributed by atoms with Gasteiger partial charge in [-0.3, -0.25) is 14.6 Å². The number of para-hydroxylation sites is 1. The molecule has 1 heterocycles. The van der Waals surface area contributed by atoms with Crippen molar-refractivity contribution in [3.05, 3.63) is 96.2 Å². The predicted molar refractivity (Wildman–Crippen MR) is 182 cm³/mol. The number of aliphatic carboxylic acids is 1. The van der Waals surface area contributed by atoms with E-state index in [4.69, 9.17) is 10.5 Å². The van der Waals surface area contributed by atoms with Gasteiger partial charge in [-0.15, -0.1) is 0 Å². The Hall–Kier alpha value is -4.92. The van der Waals surface area contributed by atoms with Crippen LogP contribution in [0.5, 0.6) is 11.5 Å². The van der Waals surface area contributed by atoms with Crippen molar-refractivity contribution in [2.75, 3.05) is 6.54 Å². The molecule has 0 aliphatic carbocycles. The van der Waals surface area contributed by atoms with E-state index in [9.17, 15) is 19.5 Å². The van der Waals surface area contributed by atoms with Crippen LogP contribution in [0.3, 0.4) is 0 Å². The lowest BCUT2D eigenvalue weighted by atomic mass is 9.82. The van der Waals surface area contributed by atoms with Crippen molar-refractivity contribution in [2.45, 2.75) is 77.3 Å². The van der Waals surface area contributed by atoms with Crippen LogP contribution < -0.4 is 15.8 Å². The number of amidine groups is 1. The number of rotatable bonds is 17. The number of ketones is 1. The van der Waals surface area contributed by atoms with Gasteiger partial charge in [-0.1, -0.05) is 70.0 Å². The molecular weight excluding hydrogens is 580 g/mol. The summed E-state index contributed by atoms with van der Waals surface area (Å²) in [6, 6.07) is 23.7. The van der Waals surface area contributed by atoms with Gasteiger partial charge in [0.05, 0.1) is 13.1 Å². The average molecular weight is 625 g/mol. The first kappa shape index (κ1) is 34.0. The molecule has 3 aromatic carbocycles. The quantitative estimate of drug-likeness (QED) is 0.0666. The second kappa shape index (κ2) is 15.9. The van der Waals surface area contributed by atoms with Crippen LogP contribution >= 0.6 is 0 Å². The smallest absolute Gasteiger partial charge is 0.328 e. The number of carboxylic acids is 1. The van der Waals surface area contributed by atoms with Gasteiger partial charge in [0.15, 0.2) is 5.78 Å². The molecule has 242 valence electrons. The second-order valence-electron chi connectivity index (χ2n) is 12.2. The number of nitrogens with zero attached hydrogens (tertiary/aromatic N) is 2. The number of unbranched alkanes of at least 4 members (excludes halogenated alkanes) is 2. The summed E-state index contributed by atoms with van der Waals surface area (Å²) in [7, 11) is 0. The molecule has 1 amide bonds. The van der Waals surface area contributed by atoms with Gasteiger partial charge in [0.25, 0.3) is 5.91 Å². The van der Waals surface area contributed by atoms with Crippen molar-refractivity contribution in [3.63, 3.8) is 0 Å². The molecule has 0 saturated heterocycles. The number of carbonyl (C=O) groups is 3. The Labute approximate surface area is 270 Å². The highest BCUT2D eigenvalue weighted by Gasteiger charge is 2.18. The highest BCUT2D eigenvalue weighted by molar-refractivity contribution is 5.97. The van der Waals surface area contributed by atoms with E-state index in [0.717, 1.165) is 17.3 Å². The van der Waals surface area contributed by atoms with E-state index in [1.165, 1.54) is 5.56 Å². The number of hydrogen-bond acceptors (Lipinski definition) is 5. The molecule has 1 unspecified atom stereocenters. The largest absolute Gasteiger partial charge is 0.480 e. The maximum Gasteiger partial charge on any atom is 0.328 e. The molecule has 4 aromatic rings. The standard InChI is InChI=1S/C37H44N4O5/c1-4-37(2,3)28-17-19-30(20-18-28)46-31-14-10-12-27(23-31)35(43)39-24-29(42)13-6-5-7-15-32(36(44)45)40-34(38)25-41-22-21-26-11-8-9-16-33(26)41/h8-12,14,16-23,32H,4-7,13,15,24-25H2,1-3H3,(H2,38,40)(H,39,43)(H,44,45). The number of nitrogens with two attached hydrogens (primary N) is 1. The van der Waals surface area contributed by atoms with Crippen molar-refractivity contribution >= 4 is 34.4 Å². The molecule has 0 radical (unpaired) electrons. The molecule has 1 atom stereocenters. The molecule has 0 aliphatic heterocycles. The van der Waals surface area contributed by atoms with E-state index in [0.29, 0.717) is 49.3 Å². The van der Waals surface area contributed by atoms with Crippen LogP contribution in [0, 0.1) is 0 Å². The minimum Gasteiger partial charge on any atom is -0.480 e. The zero-order valence-corrected chi connectivity index (χ0v) is 26.9. The molecule has 1 aromatic heterocycles. The lowest BCUT2D eigenvalue weighted by Gasteiger charge is -2.23. The number of nitrogens with one attached hydrogen (secondary N) is 1. The number of ether oxygens (including phenoxy) is 1. The van der Waals surface area contributed by atoms with Crippen LogP contribution in [-0.2, 0) is 21.5 Å². The molecule has 0 bridgehead atoms. The molecule has 0 aliphatic rings. The van der Waals surface area contributed by atoms with Gasteiger partial charge < -0.3 is 25.5 Å². The van der Waals surface area contributed by atoms with Crippen molar-refractivity contribution in [1.82, 2.24) is 9.88 Å². The normalized spacial score (nSPS) is 12.5. The van der Waals surface area contributed by atoms with Crippen molar-refractivity contribution < 1.29 is 24.2 Å². The van der Waals surface area contributed by atoms with E-state index in [-0.39, 0.29) is 35.9 Å². The lowest BCUT2D eigenvalue weighted by Crippen LogP contribution is -2.29. The predicted octanol–water partition coefficient (Wildman–Crippen LogP) is 6.88. The fourth-order valence-corrected chi connectivity index (χ4v) is 5.16. The van der Waals surface area contributed by atoms with Crippen LogP contribution in [0.2, 0.25) is 0 Å². The molecule has 9 nitrogen and oxygen atoms in total. The maximum atomic E-state index is 12.7. The molecule has 0 saturated carbocycles. The topological polar surface area (TPSA) is 136 Å². The third kappa shape index (κ3) is 9.54. The minimum absolute atomic E-state index is 0.0781. The Morgan fingerprint density at radius 1 is 0.957 bits per heavy atom. The van der Waals surface area contributed by atoms with Crippen LogP contribution in [0.1, 0.15) is 75.2 Å². The second-order valence-corrected chi connectivity index (χ2v) is 12.2. The van der Waals surface area contributed by atoms with Gasteiger partial charge in [-0.05, 0) is 78.1 Å². The van der Waals surface area contributed by atoms with Crippen LogP contribution in [0.4, 0.5) is 0 Å². The Bertz CT molecular complexity index is 1670. The number of hydrogen-bond donors (Lipinski definition) is 3. The number of aliphatic imine (C=N–C) groups is 1. The first-order valence-electron chi connectivity index (χ1n) is 15.8. The third-order valence-electron chi connectivity index (χ3n) is 8.35. The van der Waals surface area contributed by atoms with E-state index in [1.807, 2.05) is 53.2 Å². The first-order valence-corrected chi connectivity index (χ1v) is 15.8. The summed E-state index contributed by atoms with van der Waals surface area (Å²) in [5.74, 6) is -0.00717. The fraction of sp³-hybridized carbons (Fsp3) is 0.351. The van der Waals surface area contributed by atoms with Crippen molar-refractivity contribution in [3.8, 4) is 11.5 Å². The Morgan fingerprint density at radius 3 is 2.46 bits per heavy atom. The van der Waals surface area contributed by atoms with E-state index < -0.39 is 12.0 Å². The number of aromatic nitrogens is 1. The number of benzene rings is 3. The lowest BCUT2D eigenvalue weighted by molar-refractivity contribution is -0.138. The van der Waals surface area contributed by atoms with E-state index in [2.05, 4.69) is 43.2 Å². The van der Waals surface area contributed by atoms with Crippen molar-refractivity contribution in [2.24, 2.45) is 10.7 Å². The number of Topliss-reactive ketones (excluding diaryl/α,β-unsaturated/α-hetero) is 1. The summed E-state index contributed by atoms with van der Waals surface area (Å²) in [6.45, 7) is 6.80.